The average Bonchev–Trinajstić information content (AvgIpc) is 2.32. The molecule has 0 fully saturated rings. The number of unbranched alkanes of at least 4 members (excludes halogenated alkanes) is 2. The molecule has 0 spiro atoms. The maximum atomic E-state index is 12.0. The number of nitrogens with zero attached hydrogens (tertiary/aromatic N) is 1. The molecule has 2 atom stereocenters. The summed E-state index contributed by atoms with van der Waals surface area (Å²) in [6.07, 6.45) is 4.52. The molecule has 4 nitrogen and oxygen atoms in total. The van der Waals surface area contributed by atoms with E-state index in [1.54, 1.807) is 0 Å². The van der Waals surface area contributed by atoms with Crippen molar-refractivity contribution < 1.29 is 4.79 Å². The van der Waals surface area contributed by atoms with Crippen LogP contribution in [-0.2, 0) is 4.79 Å². The summed E-state index contributed by atoms with van der Waals surface area (Å²) in [5.74, 6) is 0.751. The fourth-order valence-corrected chi connectivity index (χ4v) is 2.37. The van der Waals surface area contributed by atoms with Gasteiger partial charge in [0.15, 0.2) is 0 Å². The van der Waals surface area contributed by atoms with Crippen molar-refractivity contribution in [3.63, 3.8) is 0 Å². The number of carbonyl (C=O) groups is 1. The Labute approximate surface area is 125 Å². The van der Waals surface area contributed by atoms with Gasteiger partial charge in [0.1, 0.15) is 0 Å². The van der Waals surface area contributed by atoms with Crippen LogP contribution in [0, 0.1) is 5.92 Å². The Bertz CT molecular complexity index is 244. The van der Waals surface area contributed by atoms with Crippen LogP contribution in [0.15, 0.2) is 0 Å². The van der Waals surface area contributed by atoms with Crippen molar-refractivity contribution in [1.29, 1.82) is 0 Å². The second kappa shape index (κ2) is 11.1. The molecule has 0 radical (unpaired) electrons. The molecule has 2 N–H and O–H groups in total. The number of hydrogen-bond donors (Lipinski definition) is 2. The van der Waals surface area contributed by atoms with Gasteiger partial charge in [-0.25, -0.2) is 0 Å². The van der Waals surface area contributed by atoms with Crippen LogP contribution < -0.4 is 10.6 Å². The number of nitrogens with one attached hydrogen (secondary N) is 2. The molecule has 4 heteroatoms. The molecule has 0 aromatic carbocycles. The molecule has 1 amide bonds. The van der Waals surface area contributed by atoms with E-state index in [-0.39, 0.29) is 11.9 Å². The summed E-state index contributed by atoms with van der Waals surface area (Å²) in [5, 5.41) is 6.48. The van der Waals surface area contributed by atoms with Crippen LogP contribution in [-0.4, -0.2) is 50.1 Å². The van der Waals surface area contributed by atoms with Gasteiger partial charge >= 0.3 is 0 Å². The van der Waals surface area contributed by atoms with Crippen LogP contribution in [0.2, 0.25) is 0 Å². The van der Waals surface area contributed by atoms with E-state index in [0.29, 0.717) is 12.0 Å². The van der Waals surface area contributed by atoms with E-state index in [1.807, 2.05) is 6.92 Å². The molecule has 20 heavy (non-hydrogen) atoms. The van der Waals surface area contributed by atoms with Gasteiger partial charge in [-0.2, -0.15) is 0 Å². The summed E-state index contributed by atoms with van der Waals surface area (Å²) in [4.78, 5) is 14.2. The predicted octanol–water partition coefficient (Wildman–Crippen LogP) is 2.25. The minimum absolute atomic E-state index is 0.119. The second-order valence-electron chi connectivity index (χ2n) is 6.48. The standard InChI is InChI=1S/C16H35N3O/c1-7-8-9-10-17-16(20)14(4)18-15(11-13(2)3)12-19(5)6/h13-15,18H,7-12H2,1-6H3,(H,17,20). The Morgan fingerprint density at radius 2 is 1.80 bits per heavy atom. The third-order valence-corrected chi connectivity index (χ3v) is 3.30. The molecule has 0 aliphatic heterocycles. The molecule has 0 saturated carbocycles. The van der Waals surface area contributed by atoms with Crippen LogP contribution in [0.25, 0.3) is 0 Å². The van der Waals surface area contributed by atoms with Crippen molar-refractivity contribution in [3.05, 3.63) is 0 Å². The lowest BCUT2D eigenvalue weighted by Gasteiger charge is -2.27. The zero-order chi connectivity index (χ0) is 15.5. The van der Waals surface area contributed by atoms with Gasteiger partial charge in [0, 0.05) is 19.1 Å². The van der Waals surface area contributed by atoms with Gasteiger partial charge < -0.3 is 15.5 Å². The van der Waals surface area contributed by atoms with Gasteiger partial charge in [-0.1, -0.05) is 33.6 Å². The average molecular weight is 285 g/mol. The van der Waals surface area contributed by atoms with Gasteiger partial charge in [0.05, 0.1) is 6.04 Å². The van der Waals surface area contributed by atoms with Crippen molar-refractivity contribution in [2.75, 3.05) is 27.2 Å². The fourth-order valence-electron chi connectivity index (χ4n) is 2.37. The van der Waals surface area contributed by atoms with Gasteiger partial charge in [-0.05, 0) is 39.8 Å². The third-order valence-electron chi connectivity index (χ3n) is 3.30. The van der Waals surface area contributed by atoms with Gasteiger partial charge in [-0.3, -0.25) is 4.79 Å². The molecule has 0 saturated heterocycles. The first kappa shape index (κ1) is 19.4. The quantitative estimate of drug-likeness (QED) is 0.572. The molecule has 0 aliphatic rings. The first-order valence-electron chi connectivity index (χ1n) is 8.05. The van der Waals surface area contributed by atoms with Crippen LogP contribution in [0.3, 0.4) is 0 Å². The molecule has 120 valence electrons. The summed E-state index contributed by atoms with van der Waals surface area (Å²) in [6, 6.07) is 0.238. The zero-order valence-electron chi connectivity index (χ0n) is 14.3. The number of hydrogen-bond acceptors (Lipinski definition) is 3. The molecule has 2 unspecified atom stereocenters. The van der Waals surface area contributed by atoms with E-state index >= 15 is 0 Å². The van der Waals surface area contributed by atoms with Crippen molar-refractivity contribution in [2.24, 2.45) is 5.92 Å². The Kier molecular flexibility index (Phi) is 10.8. The summed E-state index contributed by atoms with van der Waals surface area (Å²) in [7, 11) is 4.15. The van der Waals surface area contributed by atoms with Crippen LogP contribution >= 0.6 is 0 Å². The Balaban J connectivity index is 4.14. The van der Waals surface area contributed by atoms with Crippen molar-refractivity contribution in [1.82, 2.24) is 15.5 Å². The lowest BCUT2D eigenvalue weighted by molar-refractivity contribution is -0.123. The lowest BCUT2D eigenvalue weighted by Crippen LogP contribution is -2.50. The highest BCUT2D eigenvalue weighted by molar-refractivity contribution is 5.81. The SMILES string of the molecule is CCCCCNC(=O)C(C)NC(CC(C)C)CN(C)C. The lowest BCUT2D eigenvalue weighted by atomic mass is 10.0. The van der Waals surface area contributed by atoms with Crippen molar-refractivity contribution in [3.8, 4) is 0 Å². The number of carbonyl (C=O) groups excluding carboxylic acids is 1. The maximum absolute atomic E-state index is 12.0. The Hall–Kier alpha value is -0.610. The van der Waals surface area contributed by atoms with E-state index in [0.717, 1.165) is 25.9 Å². The van der Waals surface area contributed by atoms with Crippen LogP contribution in [0.4, 0.5) is 0 Å². The molecule has 0 bridgehead atoms. The van der Waals surface area contributed by atoms with Gasteiger partial charge in [-0.15, -0.1) is 0 Å². The minimum Gasteiger partial charge on any atom is -0.355 e. The number of likely N-dealkylation sites (N-methyl/N-ethyl adjacent to an activating group) is 1. The van der Waals surface area contributed by atoms with E-state index in [4.69, 9.17) is 0 Å². The van der Waals surface area contributed by atoms with E-state index in [2.05, 4.69) is 50.4 Å². The van der Waals surface area contributed by atoms with E-state index in [9.17, 15) is 4.79 Å². The Morgan fingerprint density at radius 3 is 2.30 bits per heavy atom. The largest absolute Gasteiger partial charge is 0.355 e. The highest BCUT2D eigenvalue weighted by Gasteiger charge is 2.18. The molecule has 0 aromatic rings. The van der Waals surface area contributed by atoms with Crippen LogP contribution in [0.1, 0.15) is 53.4 Å². The van der Waals surface area contributed by atoms with Crippen molar-refractivity contribution in [2.45, 2.75) is 65.5 Å². The van der Waals surface area contributed by atoms with E-state index < -0.39 is 0 Å². The topological polar surface area (TPSA) is 44.4 Å². The maximum Gasteiger partial charge on any atom is 0.236 e. The zero-order valence-corrected chi connectivity index (χ0v) is 14.3. The molecule has 0 aromatic heterocycles. The molecular weight excluding hydrogens is 250 g/mol. The Morgan fingerprint density at radius 1 is 1.15 bits per heavy atom. The minimum atomic E-state index is -0.125. The molecular formula is C16H35N3O. The number of rotatable bonds is 11. The smallest absolute Gasteiger partial charge is 0.236 e. The third kappa shape index (κ3) is 10.2. The molecule has 0 heterocycles. The first-order valence-corrected chi connectivity index (χ1v) is 8.05. The highest BCUT2D eigenvalue weighted by atomic mass is 16.2. The molecule has 0 aliphatic carbocycles. The van der Waals surface area contributed by atoms with Crippen molar-refractivity contribution >= 4 is 5.91 Å². The molecule has 0 rings (SSSR count). The number of amides is 1. The van der Waals surface area contributed by atoms with E-state index in [1.165, 1.54) is 12.8 Å². The normalized spacial score (nSPS) is 14.6. The summed E-state index contributed by atoms with van der Waals surface area (Å²) in [6.45, 7) is 10.3. The first-order chi connectivity index (χ1) is 9.36. The fraction of sp³-hybridized carbons (Fsp3) is 0.938. The van der Waals surface area contributed by atoms with Crippen LogP contribution in [0.5, 0.6) is 0 Å². The summed E-state index contributed by atoms with van der Waals surface area (Å²) >= 11 is 0. The second-order valence-corrected chi connectivity index (χ2v) is 6.48. The predicted molar refractivity (Wildman–Crippen MR) is 86.9 cm³/mol. The van der Waals surface area contributed by atoms with Gasteiger partial charge in [0.25, 0.3) is 0 Å². The summed E-state index contributed by atoms with van der Waals surface area (Å²) in [5.41, 5.74) is 0. The highest BCUT2D eigenvalue weighted by Crippen LogP contribution is 2.06. The van der Waals surface area contributed by atoms with Gasteiger partial charge in [0.2, 0.25) is 5.91 Å². The summed E-state index contributed by atoms with van der Waals surface area (Å²) < 4.78 is 0. The monoisotopic (exact) mass is 285 g/mol.